The fourth-order valence-corrected chi connectivity index (χ4v) is 3.36. The lowest BCUT2D eigenvalue weighted by atomic mass is 10.1. The van der Waals surface area contributed by atoms with Crippen LogP contribution in [0.1, 0.15) is 11.1 Å². The molecule has 26 heavy (non-hydrogen) atoms. The fourth-order valence-electron chi connectivity index (χ4n) is 3.36. The number of amides is 1. The molecule has 1 heterocycles. The van der Waals surface area contributed by atoms with Gasteiger partial charge in [0.1, 0.15) is 5.75 Å². The molecular formula is C21H27N3O2. The second-order valence-corrected chi connectivity index (χ2v) is 6.83. The number of aryl methyl sites for hydroxylation is 1. The van der Waals surface area contributed by atoms with E-state index in [1.54, 1.807) is 7.11 Å². The molecule has 0 unspecified atom stereocenters. The van der Waals surface area contributed by atoms with Crippen molar-refractivity contribution in [3.05, 3.63) is 53.6 Å². The molecule has 0 saturated carbocycles. The number of rotatable bonds is 5. The number of methoxy groups -OCH3 is 1. The minimum absolute atomic E-state index is 0.0405. The van der Waals surface area contributed by atoms with E-state index in [-0.39, 0.29) is 5.91 Å². The SMILES string of the molecule is COc1ccccc1CC(=O)Nc1ccc(N2CCN(C)CC2)c(C)c1. The first-order valence-electron chi connectivity index (χ1n) is 9.02. The summed E-state index contributed by atoms with van der Waals surface area (Å²) in [6.45, 7) is 6.34. The molecule has 1 saturated heterocycles. The van der Waals surface area contributed by atoms with Crippen LogP contribution in [0, 0.1) is 6.92 Å². The van der Waals surface area contributed by atoms with Crippen molar-refractivity contribution in [1.29, 1.82) is 0 Å². The topological polar surface area (TPSA) is 44.8 Å². The molecule has 0 radical (unpaired) electrons. The molecule has 0 aromatic heterocycles. The normalized spacial score (nSPS) is 15.0. The van der Waals surface area contributed by atoms with Gasteiger partial charge in [0.2, 0.25) is 5.91 Å². The molecule has 1 amide bonds. The van der Waals surface area contributed by atoms with Gasteiger partial charge in [0, 0.05) is 43.1 Å². The highest BCUT2D eigenvalue weighted by molar-refractivity contribution is 5.93. The Morgan fingerprint density at radius 1 is 1.12 bits per heavy atom. The van der Waals surface area contributed by atoms with Gasteiger partial charge in [-0.3, -0.25) is 4.79 Å². The number of likely N-dealkylation sites (N-methyl/N-ethyl adjacent to an activating group) is 1. The molecule has 138 valence electrons. The van der Waals surface area contributed by atoms with Gasteiger partial charge in [-0.25, -0.2) is 0 Å². The van der Waals surface area contributed by atoms with Gasteiger partial charge in [0.25, 0.3) is 0 Å². The van der Waals surface area contributed by atoms with Gasteiger partial charge < -0.3 is 19.9 Å². The van der Waals surface area contributed by atoms with Crippen molar-refractivity contribution in [3.63, 3.8) is 0 Å². The van der Waals surface area contributed by atoms with Crippen molar-refractivity contribution in [3.8, 4) is 5.75 Å². The number of piperazine rings is 1. The molecule has 1 N–H and O–H groups in total. The van der Waals surface area contributed by atoms with Crippen LogP contribution in [0.2, 0.25) is 0 Å². The lowest BCUT2D eigenvalue weighted by molar-refractivity contribution is -0.115. The molecule has 0 aliphatic carbocycles. The van der Waals surface area contributed by atoms with Gasteiger partial charge >= 0.3 is 0 Å². The maximum atomic E-state index is 12.4. The average molecular weight is 353 g/mol. The lowest BCUT2D eigenvalue weighted by Gasteiger charge is -2.35. The van der Waals surface area contributed by atoms with Gasteiger partial charge in [0.05, 0.1) is 13.5 Å². The molecule has 2 aromatic rings. The molecule has 0 bridgehead atoms. The molecule has 5 heteroatoms. The maximum Gasteiger partial charge on any atom is 0.228 e. The zero-order chi connectivity index (χ0) is 18.5. The van der Waals surface area contributed by atoms with Gasteiger partial charge in [-0.1, -0.05) is 18.2 Å². The van der Waals surface area contributed by atoms with Gasteiger partial charge in [-0.05, 0) is 43.8 Å². The number of hydrogen-bond acceptors (Lipinski definition) is 4. The zero-order valence-corrected chi connectivity index (χ0v) is 15.8. The first-order valence-corrected chi connectivity index (χ1v) is 9.02. The van der Waals surface area contributed by atoms with Crippen molar-refractivity contribution in [2.75, 3.05) is 50.6 Å². The molecule has 0 spiro atoms. The second kappa shape index (κ2) is 8.23. The van der Waals surface area contributed by atoms with Crippen molar-refractivity contribution in [2.24, 2.45) is 0 Å². The van der Waals surface area contributed by atoms with Crippen LogP contribution in [0.5, 0.6) is 5.75 Å². The average Bonchev–Trinajstić information content (AvgIpc) is 2.63. The highest BCUT2D eigenvalue weighted by atomic mass is 16.5. The summed E-state index contributed by atoms with van der Waals surface area (Å²) in [7, 11) is 3.78. The summed E-state index contributed by atoms with van der Waals surface area (Å²) >= 11 is 0. The second-order valence-electron chi connectivity index (χ2n) is 6.83. The number of nitrogens with one attached hydrogen (secondary N) is 1. The minimum atomic E-state index is -0.0405. The number of carbonyl (C=O) groups excluding carboxylic acids is 1. The van der Waals surface area contributed by atoms with Crippen molar-refractivity contribution in [1.82, 2.24) is 4.90 Å². The summed E-state index contributed by atoms with van der Waals surface area (Å²) < 4.78 is 5.32. The summed E-state index contributed by atoms with van der Waals surface area (Å²) in [6, 6.07) is 13.8. The number of ether oxygens (including phenoxy) is 1. The number of para-hydroxylation sites is 1. The van der Waals surface area contributed by atoms with E-state index in [4.69, 9.17) is 4.74 Å². The van der Waals surface area contributed by atoms with Gasteiger partial charge in [-0.15, -0.1) is 0 Å². The molecule has 0 atom stereocenters. The fraction of sp³-hybridized carbons (Fsp3) is 0.381. The lowest BCUT2D eigenvalue weighted by Crippen LogP contribution is -2.44. The van der Waals surface area contributed by atoms with E-state index in [9.17, 15) is 4.79 Å². The van der Waals surface area contributed by atoms with E-state index < -0.39 is 0 Å². The Morgan fingerprint density at radius 2 is 1.85 bits per heavy atom. The maximum absolute atomic E-state index is 12.4. The van der Waals surface area contributed by atoms with Crippen LogP contribution in [-0.2, 0) is 11.2 Å². The summed E-state index contributed by atoms with van der Waals surface area (Å²) in [4.78, 5) is 17.2. The third-order valence-electron chi connectivity index (χ3n) is 4.87. The molecule has 3 rings (SSSR count). The minimum Gasteiger partial charge on any atom is -0.496 e. The standard InChI is InChI=1S/C21H27N3O2/c1-16-14-18(8-9-19(16)24-12-10-23(2)11-13-24)22-21(25)15-17-6-4-5-7-20(17)26-3/h4-9,14H,10-13,15H2,1-3H3,(H,22,25). The zero-order valence-electron chi connectivity index (χ0n) is 15.8. The van der Waals surface area contributed by atoms with Crippen LogP contribution in [0.3, 0.4) is 0 Å². The van der Waals surface area contributed by atoms with Crippen LogP contribution in [-0.4, -0.2) is 51.1 Å². The van der Waals surface area contributed by atoms with E-state index in [1.807, 2.05) is 36.4 Å². The molecule has 1 aliphatic heterocycles. The monoisotopic (exact) mass is 353 g/mol. The smallest absolute Gasteiger partial charge is 0.228 e. The Bertz CT molecular complexity index is 768. The first-order chi connectivity index (χ1) is 12.6. The summed E-state index contributed by atoms with van der Waals surface area (Å²) in [5.74, 6) is 0.700. The van der Waals surface area contributed by atoms with Gasteiger partial charge in [-0.2, -0.15) is 0 Å². The first kappa shape index (κ1) is 18.3. The molecular weight excluding hydrogens is 326 g/mol. The third-order valence-corrected chi connectivity index (χ3v) is 4.87. The summed E-state index contributed by atoms with van der Waals surface area (Å²) in [5, 5.41) is 3.00. The number of hydrogen-bond donors (Lipinski definition) is 1. The number of benzene rings is 2. The van der Waals surface area contributed by atoms with Crippen LogP contribution < -0.4 is 15.0 Å². The van der Waals surface area contributed by atoms with Gasteiger partial charge in [0.15, 0.2) is 0 Å². The van der Waals surface area contributed by atoms with Crippen LogP contribution >= 0.6 is 0 Å². The van der Waals surface area contributed by atoms with E-state index in [0.29, 0.717) is 6.42 Å². The summed E-state index contributed by atoms with van der Waals surface area (Å²) in [6.07, 6.45) is 0.295. The van der Waals surface area contributed by atoms with Crippen LogP contribution in [0.15, 0.2) is 42.5 Å². The number of nitrogens with zero attached hydrogens (tertiary/aromatic N) is 2. The third kappa shape index (κ3) is 4.35. The Balaban J connectivity index is 1.65. The van der Waals surface area contributed by atoms with E-state index in [0.717, 1.165) is 43.2 Å². The van der Waals surface area contributed by atoms with Crippen molar-refractivity contribution in [2.45, 2.75) is 13.3 Å². The predicted octanol–water partition coefficient (Wildman–Crippen LogP) is 2.94. The Labute approximate surface area is 155 Å². The highest BCUT2D eigenvalue weighted by Crippen LogP contribution is 2.25. The number of carbonyl (C=O) groups is 1. The van der Waals surface area contributed by atoms with Crippen LogP contribution in [0.25, 0.3) is 0 Å². The number of anilines is 2. The molecule has 1 aliphatic rings. The van der Waals surface area contributed by atoms with E-state index >= 15 is 0 Å². The quantitative estimate of drug-likeness (QED) is 0.898. The molecule has 2 aromatic carbocycles. The van der Waals surface area contributed by atoms with Crippen molar-refractivity contribution >= 4 is 17.3 Å². The Morgan fingerprint density at radius 3 is 2.54 bits per heavy atom. The van der Waals surface area contributed by atoms with E-state index in [1.165, 1.54) is 11.3 Å². The molecule has 1 fully saturated rings. The summed E-state index contributed by atoms with van der Waals surface area (Å²) in [5.41, 5.74) is 4.16. The van der Waals surface area contributed by atoms with E-state index in [2.05, 4.69) is 35.2 Å². The predicted molar refractivity (Wildman–Crippen MR) is 106 cm³/mol. The largest absolute Gasteiger partial charge is 0.496 e. The Kier molecular flexibility index (Phi) is 5.78. The molecule has 5 nitrogen and oxygen atoms in total. The van der Waals surface area contributed by atoms with Crippen molar-refractivity contribution < 1.29 is 9.53 Å². The highest BCUT2D eigenvalue weighted by Gasteiger charge is 2.16. The Hall–Kier alpha value is -2.53. The van der Waals surface area contributed by atoms with Crippen LogP contribution in [0.4, 0.5) is 11.4 Å².